The molecule has 0 aliphatic carbocycles. The number of nitrogens with zero attached hydrogens (tertiary/aromatic N) is 3. The Labute approximate surface area is 190 Å². The maximum absolute atomic E-state index is 15.1. The Hall–Kier alpha value is -4.04. The van der Waals surface area contributed by atoms with Crippen molar-refractivity contribution in [3.8, 4) is 39.7 Å². The molecule has 0 aliphatic heterocycles. The Balaban J connectivity index is 1.74. The molecule has 7 nitrogen and oxygen atoms in total. The fourth-order valence-corrected chi connectivity index (χ4v) is 3.37. The highest BCUT2D eigenvalue weighted by atomic mass is 19.1. The van der Waals surface area contributed by atoms with Crippen LogP contribution >= 0.6 is 0 Å². The number of H-pyrrole nitrogens is 1. The van der Waals surface area contributed by atoms with Crippen molar-refractivity contribution >= 4 is 5.97 Å². The van der Waals surface area contributed by atoms with E-state index in [2.05, 4.69) is 9.97 Å². The van der Waals surface area contributed by atoms with Crippen LogP contribution in [0.5, 0.6) is 5.75 Å². The van der Waals surface area contributed by atoms with Gasteiger partial charge in [0, 0.05) is 35.6 Å². The third kappa shape index (κ3) is 4.91. The van der Waals surface area contributed by atoms with Crippen molar-refractivity contribution in [1.82, 2.24) is 19.9 Å². The number of hydrogen-bond donors (Lipinski definition) is 2. The average Bonchev–Trinajstić information content (AvgIpc) is 3.25. The van der Waals surface area contributed by atoms with Crippen LogP contribution in [0.3, 0.4) is 0 Å². The Morgan fingerprint density at radius 3 is 2.45 bits per heavy atom. The molecule has 0 atom stereocenters. The highest BCUT2D eigenvalue weighted by Crippen LogP contribution is 2.35. The third-order valence-corrected chi connectivity index (χ3v) is 5.09. The first-order chi connectivity index (χ1) is 15.9. The molecule has 8 heteroatoms. The lowest BCUT2D eigenvalue weighted by atomic mass is 10.0. The number of aromatic amines is 1. The minimum absolute atomic E-state index is 0.129. The standard InChI is InChI=1S/C25H23FN4O3/c1-30(2)14-15-33-18-8-6-17(7-9-18)24-28-22(16-10-12-27-13-11-16)23(29-24)19-4-3-5-20(21(19)26)25(31)32/h3-13H,14-15H2,1-2H3,(H,28,29)(H,31,32). The number of aromatic carboxylic acids is 1. The quantitative estimate of drug-likeness (QED) is 0.412. The Bertz CT molecular complexity index is 1250. The van der Waals surface area contributed by atoms with E-state index in [0.717, 1.165) is 23.4 Å². The summed E-state index contributed by atoms with van der Waals surface area (Å²) >= 11 is 0. The number of nitrogens with one attached hydrogen (secondary N) is 1. The molecule has 0 amide bonds. The lowest BCUT2D eigenvalue weighted by molar-refractivity contribution is 0.0692. The van der Waals surface area contributed by atoms with Crippen molar-refractivity contribution in [2.45, 2.75) is 0 Å². The summed E-state index contributed by atoms with van der Waals surface area (Å²) in [6, 6.07) is 15.3. The maximum atomic E-state index is 15.1. The minimum Gasteiger partial charge on any atom is -0.492 e. The molecule has 2 aromatic heterocycles. The summed E-state index contributed by atoms with van der Waals surface area (Å²) in [4.78, 5) is 25.4. The van der Waals surface area contributed by atoms with E-state index in [0.29, 0.717) is 23.8 Å². The van der Waals surface area contributed by atoms with Gasteiger partial charge in [0.2, 0.25) is 0 Å². The number of pyridine rings is 1. The first-order valence-corrected chi connectivity index (χ1v) is 10.3. The number of rotatable bonds is 8. The van der Waals surface area contributed by atoms with Crippen LogP contribution in [0, 0.1) is 5.82 Å². The van der Waals surface area contributed by atoms with Crippen LogP contribution in [-0.4, -0.2) is 58.2 Å². The fourth-order valence-electron chi connectivity index (χ4n) is 3.37. The van der Waals surface area contributed by atoms with E-state index in [1.54, 1.807) is 24.5 Å². The number of carbonyl (C=O) groups is 1. The Morgan fingerprint density at radius 1 is 1.06 bits per heavy atom. The largest absolute Gasteiger partial charge is 0.492 e. The zero-order valence-corrected chi connectivity index (χ0v) is 18.2. The van der Waals surface area contributed by atoms with Crippen molar-refractivity contribution in [2.75, 3.05) is 27.2 Å². The normalized spacial score (nSPS) is 11.0. The van der Waals surface area contributed by atoms with Crippen LogP contribution in [0.1, 0.15) is 10.4 Å². The molecule has 4 rings (SSSR count). The van der Waals surface area contributed by atoms with Crippen LogP contribution in [-0.2, 0) is 0 Å². The summed E-state index contributed by atoms with van der Waals surface area (Å²) in [5.41, 5.74) is 2.13. The van der Waals surface area contributed by atoms with E-state index in [4.69, 9.17) is 9.72 Å². The van der Waals surface area contributed by atoms with Gasteiger partial charge in [-0.15, -0.1) is 0 Å². The summed E-state index contributed by atoms with van der Waals surface area (Å²) < 4.78 is 20.8. The van der Waals surface area contributed by atoms with Crippen molar-refractivity contribution < 1.29 is 19.0 Å². The number of hydrogen-bond acceptors (Lipinski definition) is 5. The summed E-state index contributed by atoms with van der Waals surface area (Å²) in [5, 5.41) is 9.34. The number of likely N-dealkylation sites (N-methyl/N-ethyl adjacent to an activating group) is 1. The van der Waals surface area contributed by atoms with Gasteiger partial charge in [-0.25, -0.2) is 14.2 Å². The van der Waals surface area contributed by atoms with Crippen LogP contribution in [0.15, 0.2) is 67.0 Å². The summed E-state index contributed by atoms with van der Waals surface area (Å²) in [7, 11) is 3.96. The second-order valence-corrected chi connectivity index (χ2v) is 7.69. The van der Waals surface area contributed by atoms with E-state index < -0.39 is 17.3 Å². The van der Waals surface area contributed by atoms with E-state index in [9.17, 15) is 9.90 Å². The second-order valence-electron chi connectivity index (χ2n) is 7.69. The van der Waals surface area contributed by atoms with Crippen molar-refractivity contribution in [3.63, 3.8) is 0 Å². The molecule has 2 heterocycles. The number of ether oxygens (including phenoxy) is 1. The number of carboxylic acid groups (broad SMARTS) is 1. The van der Waals surface area contributed by atoms with Crippen molar-refractivity contribution in [2.24, 2.45) is 0 Å². The number of benzene rings is 2. The zero-order valence-electron chi connectivity index (χ0n) is 18.2. The van der Waals surface area contributed by atoms with Crippen LogP contribution < -0.4 is 4.74 Å². The van der Waals surface area contributed by atoms with Gasteiger partial charge < -0.3 is 19.7 Å². The zero-order chi connectivity index (χ0) is 23.4. The molecule has 0 fully saturated rings. The number of halogens is 1. The molecule has 2 aromatic carbocycles. The van der Waals surface area contributed by atoms with Crippen molar-refractivity contribution in [1.29, 1.82) is 0 Å². The number of aromatic nitrogens is 3. The predicted molar refractivity (Wildman–Crippen MR) is 124 cm³/mol. The second kappa shape index (κ2) is 9.62. The minimum atomic E-state index is -1.33. The first-order valence-electron chi connectivity index (χ1n) is 10.3. The maximum Gasteiger partial charge on any atom is 0.338 e. The van der Waals surface area contributed by atoms with E-state index >= 15 is 4.39 Å². The van der Waals surface area contributed by atoms with Crippen LogP contribution in [0.25, 0.3) is 33.9 Å². The average molecular weight is 446 g/mol. The molecular formula is C25H23FN4O3. The molecule has 2 N–H and O–H groups in total. The number of imidazole rings is 1. The smallest absolute Gasteiger partial charge is 0.338 e. The predicted octanol–water partition coefficient (Wildman–Crippen LogP) is 4.58. The van der Waals surface area contributed by atoms with Crippen LogP contribution in [0.4, 0.5) is 4.39 Å². The highest BCUT2D eigenvalue weighted by Gasteiger charge is 2.21. The van der Waals surface area contributed by atoms with Gasteiger partial charge in [0.1, 0.15) is 24.0 Å². The molecule has 33 heavy (non-hydrogen) atoms. The van der Waals surface area contributed by atoms with E-state index in [-0.39, 0.29) is 5.56 Å². The monoisotopic (exact) mass is 446 g/mol. The SMILES string of the molecule is CN(C)CCOc1ccc(-c2nc(-c3ccncc3)c(-c3cccc(C(=O)O)c3F)[nH]2)cc1. The molecule has 0 saturated carbocycles. The van der Waals surface area contributed by atoms with Gasteiger partial charge in [0.25, 0.3) is 0 Å². The first kappa shape index (κ1) is 22.2. The molecule has 0 bridgehead atoms. The molecule has 0 unspecified atom stereocenters. The van der Waals surface area contributed by atoms with Gasteiger partial charge in [-0.2, -0.15) is 0 Å². The molecule has 0 saturated heterocycles. The Morgan fingerprint density at radius 2 is 1.79 bits per heavy atom. The number of carboxylic acids is 1. The molecular weight excluding hydrogens is 423 g/mol. The lowest BCUT2D eigenvalue weighted by Gasteiger charge is -2.11. The lowest BCUT2D eigenvalue weighted by Crippen LogP contribution is -2.19. The van der Waals surface area contributed by atoms with Crippen molar-refractivity contribution in [3.05, 3.63) is 78.4 Å². The van der Waals surface area contributed by atoms with Gasteiger partial charge in [0.15, 0.2) is 0 Å². The van der Waals surface area contributed by atoms with Gasteiger partial charge in [-0.05, 0) is 62.6 Å². The van der Waals surface area contributed by atoms with Gasteiger partial charge in [-0.3, -0.25) is 4.98 Å². The molecule has 0 aliphatic rings. The van der Waals surface area contributed by atoms with E-state index in [1.165, 1.54) is 18.2 Å². The van der Waals surface area contributed by atoms with Gasteiger partial charge >= 0.3 is 5.97 Å². The van der Waals surface area contributed by atoms with Gasteiger partial charge in [0.05, 0.1) is 17.0 Å². The topological polar surface area (TPSA) is 91.3 Å². The highest BCUT2D eigenvalue weighted by molar-refractivity contribution is 5.91. The fraction of sp³-hybridized carbons (Fsp3) is 0.160. The summed E-state index contributed by atoms with van der Waals surface area (Å²) in [6.07, 6.45) is 3.24. The van der Waals surface area contributed by atoms with E-state index in [1.807, 2.05) is 43.3 Å². The molecule has 168 valence electrons. The molecule has 0 spiro atoms. The summed E-state index contributed by atoms with van der Waals surface area (Å²) in [5.74, 6) is -0.886. The van der Waals surface area contributed by atoms with Crippen LogP contribution in [0.2, 0.25) is 0 Å². The van der Waals surface area contributed by atoms with Gasteiger partial charge in [-0.1, -0.05) is 6.07 Å². The Kier molecular flexibility index (Phi) is 6.46. The molecule has 4 aromatic rings. The third-order valence-electron chi connectivity index (χ3n) is 5.09. The summed E-state index contributed by atoms with van der Waals surface area (Å²) in [6.45, 7) is 1.38. The molecule has 0 radical (unpaired) electrons.